The lowest BCUT2D eigenvalue weighted by atomic mass is 9.70. The smallest absolute Gasteiger partial charge is 0.338 e. The summed E-state index contributed by atoms with van der Waals surface area (Å²) >= 11 is 0. The van der Waals surface area contributed by atoms with Crippen molar-refractivity contribution in [3.8, 4) is 0 Å². The fraction of sp³-hybridized carbons (Fsp3) is 0.500. The van der Waals surface area contributed by atoms with Gasteiger partial charge in [-0.25, -0.2) is 4.79 Å². The van der Waals surface area contributed by atoms with Crippen LogP contribution in [-0.2, 0) is 9.53 Å². The van der Waals surface area contributed by atoms with Crippen LogP contribution in [0.5, 0.6) is 0 Å². The molecule has 6 nitrogen and oxygen atoms in total. The van der Waals surface area contributed by atoms with Crippen LogP contribution in [0.2, 0.25) is 0 Å². The quantitative estimate of drug-likeness (QED) is 0.487. The van der Waals surface area contributed by atoms with Crippen LogP contribution in [0.15, 0.2) is 24.3 Å². The van der Waals surface area contributed by atoms with Crippen LogP contribution < -0.4 is 0 Å². The zero-order chi connectivity index (χ0) is 15.7. The van der Waals surface area contributed by atoms with Crippen molar-refractivity contribution in [1.82, 2.24) is 0 Å². The van der Waals surface area contributed by atoms with Crippen LogP contribution in [0.1, 0.15) is 42.5 Å². The summed E-state index contributed by atoms with van der Waals surface area (Å²) in [7, 11) is 0. The third kappa shape index (κ3) is 2.73. The number of non-ortho nitro benzene ring substituents is 1. The van der Waals surface area contributed by atoms with Crippen molar-refractivity contribution in [2.75, 3.05) is 0 Å². The van der Waals surface area contributed by atoms with Crippen LogP contribution >= 0.6 is 0 Å². The molecule has 0 radical (unpaired) electrons. The molecule has 0 N–H and O–H groups in total. The maximum atomic E-state index is 12.2. The number of carbonyl (C=O) groups excluding carboxylic acids is 2. The number of benzene rings is 1. The summed E-state index contributed by atoms with van der Waals surface area (Å²) in [4.78, 5) is 34.4. The van der Waals surface area contributed by atoms with Crippen molar-refractivity contribution >= 4 is 17.4 Å². The number of nitro groups is 1. The lowest BCUT2D eigenvalue weighted by Crippen LogP contribution is -2.43. The van der Waals surface area contributed by atoms with Gasteiger partial charge >= 0.3 is 5.97 Å². The SMILES string of the molecule is O=C(O[C@H]1CC[C@H]2CCC[C@@H]1C2=O)c1ccc([N+](=O)[O-])cc1. The molecule has 22 heavy (non-hydrogen) atoms. The van der Waals surface area contributed by atoms with Gasteiger partial charge in [0.05, 0.1) is 16.4 Å². The van der Waals surface area contributed by atoms with E-state index in [0.29, 0.717) is 0 Å². The van der Waals surface area contributed by atoms with Crippen LogP contribution in [0, 0.1) is 22.0 Å². The Morgan fingerprint density at radius 1 is 1.14 bits per heavy atom. The zero-order valence-electron chi connectivity index (χ0n) is 12.1. The number of esters is 1. The minimum absolute atomic E-state index is 0.0699. The molecule has 0 aromatic heterocycles. The Balaban J connectivity index is 1.68. The molecule has 2 aliphatic rings. The molecule has 0 saturated heterocycles. The van der Waals surface area contributed by atoms with Gasteiger partial charge < -0.3 is 4.74 Å². The largest absolute Gasteiger partial charge is 0.458 e. The topological polar surface area (TPSA) is 86.5 Å². The molecule has 3 atom stereocenters. The average molecular weight is 303 g/mol. The Morgan fingerprint density at radius 2 is 1.86 bits per heavy atom. The molecule has 2 saturated carbocycles. The van der Waals surface area contributed by atoms with Crippen LogP contribution in [0.25, 0.3) is 0 Å². The molecular formula is C16H17NO5. The predicted molar refractivity (Wildman–Crippen MR) is 77.4 cm³/mol. The van der Waals surface area contributed by atoms with Gasteiger partial charge in [0.15, 0.2) is 0 Å². The van der Waals surface area contributed by atoms with Gasteiger partial charge in [-0.1, -0.05) is 6.42 Å². The molecule has 1 aromatic carbocycles. The highest BCUT2D eigenvalue weighted by Crippen LogP contribution is 2.38. The minimum atomic E-state index is -0.517. The summed E-state index contributed by atoms with van der Waals surface area (Å²) in [5.41, 5.74) is 0.204. The molecule has 116 valence electrons. The average Bonchev–Trinajstić information content (AvgIpc) is 2.50. The minimum Gasteiger partial charge on any atom is -0.458 e. The third-order valence-corrected chi connectivity index (χ3v) is 4.66. The van der Waals surface area contributed by atoms with Gasteiger partial charge in [-0.2, -0.15) is 0 Å². The summed E-state index contributed by atoms with van der Waals surface area (Å²) < 4.78 is 5.50. The molecule has 0 spiro atoms. The number of ether oxygens (including phenoxy) is 1. The Bertz CT molecular complexity index is 609. The first kappa shape index (κ1) is 14.7. The summed E-state index contributed by atoms with van der Waals surface area (Å²) in [6.07, 6.45) is 3.90. The number of hydrogen-bond acceptors (Lipinski definition) is 5. The molecule has 0 amide bonds. The summed E-state index contributed by atoms with van der Waals surface area (Å²) in [6, 6.07) is 5.32. The summed E-state index contributed by atoms with van der Waals surface area (Å²) in [5, 5.41) is 10.6. The monoisotopic (exact) mass is 303 g/mol. The number of hydrogen-bond donors (Lipinski definition) is 0. The highest BCUT2D eigenvalue weighted by Gasteiger charge is 2.42. The number of nitrogens with zero attached hydrogens (tertiary/aromatic N) is 1. The first-order valence-electron chi connectivity index (χ1n) is 7.55. The van der Waals surface area contributed by atoms with E-state index < -0.39 is 10.9 Å². The van der Waals surface area contributed by atoms with E-state index in [4.69, 9.17) is 4.74 Å². The molecule has 0 heterocycles. The molecular weight excluding hydrogens is 286 g/mol. The fourth-order valence-corrected chi connectivity index (χ4v) is 3.46. The predicted octanol–water partition coefficient (Wildman–Crippen LogP) is 2.90. The van der Waals surface area contributed by atoms with Gasteiger partial charge in [-0.3, -0.25) is 14.9 Å². The maximum Gasteiger partial charge on any atom is 0.338 e. The Kier molecular flexibility index (Phi) is 3.92. The van der Waals surface area contributed by atoms with E-state index in [1.54, 1.807) is 0 Å². The Hall–Kier alpha value is -2.24. The van der Waals surface area contributed by atoms with E-state index in [2.05, 4.69) is 0 Å². The van der Waals surface area contributed by atoms with Gasteiger partial charge in [0, 0.05) is 18.1 Å². The second kappa shape index (κ2) is 5.87. The maximum absolute atomic E-state index is 12.2. The highest BCUT2D eigenvalue weighted by molar-refractivity contribution is 5.91. The van der Waals surface area contributed by atoms with Crippen molar-refractivity contribution in [2.45, 2.75) is 38.2 Å². The molecule has 1 aromatic rings. The van der Waals surface area contributed by atoms with E-state index in [9.17, 15) is 19.7 Å². The molecule has 3 rings (SSSR count). The van der Waals surface area contributed by atoms with Gasteiger partial charge in [-0.05, 0) is 37.8 Å². The second-order valence-corrected chi connectivity index (χ2v) is 5.96. The van der Waals surface area contributed by atoms with Crippen molar-refractivity contribution in [2.24, 2.45) is 11.8 Å². The second-order valence-electron chi connectivity index (χ2n) is 5.96. The van der Waals surface area contributed by atoms with Crippen molar-refractivity contribution in [3.63, 3.8) is 0 Å². The van der Waals surface area contributed by atoms with E-state index in [-0.39, 0.29) is 35.0 Å². The summed E-state index contributed by atoms with van der Waals surface area (Å²) in [5.74, 6) is -0.307. The lowest BCUT2D eigenvalue weighted by molar-refractivity contribution is -0.384. The zero-order valence-corrected chi connectivity index (χ0v) is 12.1. The van der Waals surface area contributed by atoms with Crippen molar-refractivity contribution < 1.29 is 19.2 Å². The third-order valence-electron chi connectivity index (χ3n) is 4.66. The number of rotatable bonds is 3. The van der Waals surface area contributed by atoms with Gasteiger partial charge in [0.2, 0.25) is 0 Å². The van der Waals surface area contributed by atoms with Crippen LogP contribution in [0.4, 0.5) is 5.69 Å². The molecule has 6 heteroatoms. The Labute approximate surface area is 127 Å². The highest BCUT2D eigenvalue weighted by atomic mass is 16.6. The lowest BCUT2D eigenvalue weighted by Gasteiger charge is -2.38. The van der Waals surface area contributed by atoms with Gasteiger partial charge in [0.25, 0.3) is 5.69 Å². The first-order chi connectivity index (χ1) is 10.6. The molecule has 2 fully saturated rings. The van der Waals surface area contributed by atoms with Gasteiger partial charge in [-0.15, -0.1) is 0 Å². The number of fused-ring (bicyclic) bond motifs is 2. The molecule has 2 bridgehead atoms. The van der Waals surface area contributed by atoms with E-state index in [1.165, 1.54) is 24.3 Å². The molecule has 0 unspecified atom stereocenters. The molecule has 0 aliphatic heterocycles. The van der Waals surface area contributed by atoms with Crippen LogP contribution in [0.3, 0.4) is 0 Å². The van der Waals surface area contributed by atoms with E-state index in [1.807, 2.05) is 0 Å². The standard InChI is InChI=1S/C16H17NO5/c18-15-10-2-1-3-13(15)14(9-6-10)22-16(19)11-4-7-12(8-5-11)17(20)21/h4-5,7-8,10,13-14H,1-3,6,9H2/t10-,13+,14+/m1/s1. The number of ketones is 1. The molecule has 2 aliphatic carbocycles. The Morgan fingerprint density at radius 3 is 2.55 bits per heavy atom. The van der Waals surface area contributed by atoms with Crippen LogP contribution in [-0.4, -0.2) is 22.8 Å². The number of carbonyl (C=O) groups is 2. The van der Waals surface area contributed by atoms with Crippen molar-refractivity contribution in [3.05, 3.63) is 39.9 Å². The number of nitro benzene ring substituents is 1. The normalized spacial score (nSPS) is 27.3. The van der Waals surface area contributed by atoms with E-state index >= 15 is 0 Å². The first-order valence-corrected chi connectivity index (χ1v) is 7.55. The summed E-state index contributed by atoms with van der Waals surface area (Å²) in [6.45, 7) is 0. The van der Waals surface area contributed by atoms with Crippen molar-refractivity contribution in [1.29, 1.82) is 0 Å². The van der Waals surface area contributed by atoms with Gasteiger partial charge in [0.1, 0.15) is 11.9 Å². The fourth-order valence-electron chi connectivity index (χ4n) is 3.46. The number of Topliss-reactive ketones (excluding diaryl/α,β-unsaturated/α-hetero) is 1. The van der Waals surface area contributed by atoms with E-state index in [0.717, 1.165) is 32.1 Å².